The van der Waals surface area contributed by atoms with Gasteiger partial charge in [-0.15, -0.1) is 5.10 Å². The van der Waals surface area contributed by atoms with E-state index in [-0.39, 0.29) is 5.56 Å². The molecule has 0 aliphatic heterocycles. The molecule has 25 heavy (non-hydrogen) atoms. The zero-order chi connectivity index (χ0) is 17.2. The first-order valence-electron chi connectivity index (χ1n) is 7.79. The molecule has 4 rings (SSSR count). The molecule has 0 fully saturated rings. The van der Waals surface area contributed by atoms with Crippen LogP contribution in [0.3, 0.4) is 0 Å². The lowest BCUT2D eigenvalue weighted by Crippen LogP contribution is -2.23. The molecule has 0 atom stereocenters. The van der Waals surface area contributed by atoms with Gasteiger partial charge in [0, 0.05) is 18.0 Å². The Labute approximate surface area is 147 Å². The van der Waals surface area contributed by atoms with Gasteiger partial charge in [0.15, 0.2) is 5.82 Å². The lowest BCUT2D eigenvalue weighted by molar-refractivity contribution is 0.340. The molecule has 0 saturated carbocycles. The number of pyridine rings is 1. The van der Waals surface area contributed by atoms with E-state index in [0.29, 0.717) is 21.9 Å². The van der Waals surface area contributed by atoms with Gasteiger partial charge < -0.3 is 4.74 Å². The zero-order valence-electron chi connectivity index (χ0n) is 13.4. The largest absolute Gasteiger partial charge is 0.494 e. The summed E-state index contributed by atoms with van der Waals surface area (Å²) in [5.41, 5.74) is 1.60. The summed E-state index contributed by atoms with van der Waals surface area (Å²) in [7, 11) is 0. The number of hydrogen-bond donors (Lipinski definition) is 0. The molecule has 0 bridgehead atoms. The molecule has 4 aromatic rings. The maximum Gasteiger partial charge on any atom is 0.291 e. The van der Waals surface area contributed by atoms with Crippen LogP contribution in [0.5, 0.6) is 5.75 Å². The van der Waals surface area contributed by atoms with E-state index in [1.807, 2.05) is 49.4 Å². The molecular weight excluding hydrogens is 336 g/mol. The molecule has 0 aliphatic rings. The quantitative estimate of drug-likeness (QED) is 0.564. The maximum absolute atomic E-state index is 12.5. The second-order valence-corrected chi connectivity index (χ2v) is 6.29. The van der Waals surface area contributed by atoms with Crippen molar-refractivity contribution in [1.82, 2.24) is 19.6 Å². The van der Waals surface area contributed by atoms with Crippen molar-refractivity contribution >= 4 is 22.4 Å². The summed E-state index contributed by atoms with van der Waals surface area (Å²) in [5.74, 6) is 1.33. The van der Waals surface area contributed by atoms with Crippen LogP contribution in [-0.4, -0.2) is 26.2 Å². The van der Waals surface area contributed by atoms with Crippen molar-refractivity contribution in [3.05, 3.63) is 69.2 Å². The molecule has 0 radical (unpaired) electrons. The molecule has 0 amide bonds. The highest BCUT2D eigenvalue weighted by atomic mass is 32.1. The van der Waals surface area contributed by atoms with Gasteiger partial charge in [0.25, 0.3) is 5.56 Å². The predicted molar refractivity (Wildman–Crippen MR) is 96.8 cm³/mol. The molecule has 3 aromatic heterocycles. The third-order valence-electron chi connectivity index (χ3n) is 3.61. The smallest absolute Gasteiger partial charge is 0.291 e. The Morgan fingerprint density at radius 2 is 1.92 bits per heavy atom. The summed E-state index contributed by atoms with van der Waals surface area (Å²) in [6.07, 6.45) is 5.20. The number of ether oxygens (including phenoxy) is 1. The van der Waals surface area contributed by atoms with E-state index in [0.717, 1.165) is 16.9 Å². The molecule has 0 spiro atoms. The molecule has 0 unspecified atom stereocenters. The average molecular weight is 350 g/mol. The molecule has 0 saturated heterocycles. The van der Waals surface area contributed by atoms with Crippen LogP contribution < -0.4 is 14.8 Å². The third kappa shape index (κ3) is 3.01. The van der Waals surface area contributed by atoms with Crippen LogP contribution in [0.4, 0.5) is 0 Å². The fourth-order valence-electron chi connectivity index (χ4n) is 2.43. The normalized spacial score (nSPS) is 12.0. The first-order chi connectivity index (χ1) is 12.2. The predicted octanol–water partition coefficient (Wildman–Crippen LogP) is 2.16. The standard InChI is InChI=1S/C18H14N4O2S/c1-2-24-14-5-3-13(4-6-14)16-20-18-22(21-16)17(23)15(25-18)11-12-7-9-19-10-8-12/h3-11H,2H2,1H3. The molecule has 6 nitrogen and oxygen atoms in total. The van der Waals surface area contributed by atoms with Crippen LogP contribution in [0.25, 0.3) is 22.4 Å². The number of hydrogen-bond acceptors (Lipinski definition) is 6. The summed E-state index contributed by atoms with van der Waals surface area (Å²) in [6.45, 7) is 2.56. The summed E-state index contributed by atoms with van der Waals surface area (Å²) in [6, 6.07) is 11.2. The van der Waals surface area contributed by atoms with E-state index < -0.39 is 0 Å². The van der Waals surface area contributed by atoms with Crippen LogP contribution in [0.15, 0.2) is 53.6 Å². The minimum absolute atomic E-state index is 0.165. The first-order valence-corrected chi connectivity index (χ1v) is 8.61. The lowest BCUT2D eigenvalue weighted by atomic mass is 10.2. The van der Waals surface area contributed by atoms with Gasteiger partial charge in [-0.25, -0.2) is 0 Å². The van der Waals surface area contributed by atoms with Crippen LogP contribution in [-0.2, 0) is 0 Å². The van der Waals surface area contributed by atoms with Crippen molar-refractivity contribution in [3.8, 4) is 17.1 Å². The third-order valence-corrected chi connectivity index (χ3v) is 4.57. The Kier molecular flexibility index (Phi) is 3.99. The number of thiazole rings is 1. The molecule has 0 N–H and O–H groups in total. The fourth-order valence-corrected chi connectivity index (χ4v) is 3.34. The maximum atomic E-state index is 12.5. The lowest BCUT2D eigenvalue weighted by Gasteiger charge is -2.02. The fraction of sp³-hybridized carbons (Fsp3) is 0.111. The van der Waals surface area contributed by atoms with Crippen molar-refractivity contribution in [2.45, 2.75) is 6.92 Å². The average Bonchev–Trinajstić information content (AvgIpc) is 3.17. The van der Waals surface area contributed by atoms with Gasteiger partial charge in [-0.05, 0) is 55.0 Å². The van der Waals surface area contributed by atoms with E-state index in [9.17, 15) is 4.79 Å². The SMILES string of the molecule is CCOc1ccc(-c2nc3sc(=Cc4ccncc4)c(=O)n3n2)cc1. The molecule has 1 aromatic carbocycles. The topological polar surface area (TPSA) is 69.4 Å². The second-order valence-electron chi connectivity index (χ2n) is 5.28. The van der Waals surface area contributed by atoms with Gasteiger partial charge >= 0.3 is 0 Å². The Bertz CT molecular complexity index is 1120. The highest BCUT2D eigenvalue weighted by Gasteiger charge is 2.12. The van der Waals surface area contributed by atoms with Gasteiger partial charge in [-0.1, -0.05) is 11.3 Å². The van der Waals surface area contributed by atoms with Crippen LogP contribution >= 0.6 is 11.3 Å². The number of fused-ring (bicyclic) bond motifs is 1. The highest BCUT2D eigenvalue weighted by Crippen LogP contribution is 2.20. The monoisotopic (exact) mass is 350 g/mol. The Morgan fingerprint density at radius 3 is 2.60 bits per heavy atom. The van der Waals surface area contributed by atoms with Gasteiger partial charge in [0.1, 0.15) is 5.75 Å². The molecule has 7 heteroatoms. The van der Waals surface area contributed by atoms with Gasteiger partial charge in [-0.2, -0.15) is 9.50 Å². The van der Waals surface area contributed by atoms with E-state index in [4.69, 9.17) is 4.74 Å². The number of nitrogens with zero attached hydrogens (tertiary/aromatic N) is 4. The molecule has 0 aliphatic carbocycles. The zero-order valence-corrected chi connectivity index (χ0v) is 14.2. The van der Waals surface area contributed by atoms with Gasteiger partial charge in [-0.3, -0.25) is 9.78 Å². The first kappa shape index (κ1) is 15.5. The van der Waals surface area contributed by atoms with Crippen molar-refractivity contribution in [2.75, 3.05) is 6.61 Å². The van der Waals surface area contributed by atoms with Crippen LogP contribution in [0.2, 0.25) is 0 Å². The number of rotatable bonds is 4. The van der Waals surface area contributed by atoms with Crippen LogP contribution in [0, 0.1) is 0 Å². The minimum Gasteiger partial charge on any atom is -0.494 e. The van der Waals surface area contributed by atoms with Crippen molar-refractivity contribution in [1.29, 1.82) is 0 Å². The summed E-state index contributed by atoms with van der Waals surface area (Å²) in [5, 5.41) is 4.35. The highest BCUT2D eigenvalue weighted by molar-refractivity contribution is 7.15. The van der Waals surface area contributed by atoms with Crippen molar-refractivity contribution < 1.29 is 4.74 Å². The Hall–Kier alpha value is -3.06. The number of aromatic nitrogens is 4. The van der Waals surface area contributed by atoms with E-state index in [2.05, 4.69) is 15.1 Å². The second kappa shape index (κ2) is 6.45. The van der Waals surface area contributed by atoms with Gasteiger partial charge in [0.05, 0.1) is 11.1 Å². The summed E-state index contributed by atoms with van der Waals surface area (Å²) < 4.78 is 7.38. The van der Waals surface area contributed by atoms with Crippen molar-refractivity contribution in [3.63, 3.8) is 0 Å². The number of benzene rings is 1. The van der Waals surface area contributed by atoms with Crippen LogP contribution in [0.1, 0.15) is 12.5 Å². The van der Waals surface area contributed by atoms with Crippen molar-refractivity contribution in [2.24, 2.45) is 0 Å². The Morgan fingerprint density at radius 1 is 1.16 bits per heavy atom. The van der Waals surface area contributed by atoms with E-state index in [1.54, 1.807) is 12.4 Å². The Balaban J connectivity index is 1.73. The summed E-state index contributed by atoms with van der Waals surface area (Å²) in [4.78, 5) is 21.5. The van der Waals surface area contributed by atoms with Gasteiger partial charge in [0.2, 0.25) is 4.96 Å². The van der Waals surface area contributed by atoms with E-state index >= 15 is 0 Å². The summed E-state index contributed by atoms with van der Waals surface area (Å²) >= 11 is 1.32. The molecule has 3 heterocycles. The van der Waals surface area contributed by atoms with E-state index in [1.165, 1.54) is 15.9 Å². The molecular formula is C18H14N4O2S. The molecule has 124 valence electrons. The minimum atomic E-state index is -0.165.